The fourth-order valence-corrected chi connectivity index (χ4v) is 3.03. The standard InChI is InChI=1S/C17H21F3N2O2/c18-17(19,20)10-11-22(14-4-2-1-3-5-14)16(24)13-8-6-12(7-9-13)15(21)23/h6-9,14H,1-5,10-11H2,(H2,21,23). The van der Waals surface area contributed by atoms with Gasteiger partial charge in [-0.25, -0.2) is 0 Å². The van der Waals surface area contributed by atoms with E-state index in [0.717, 1.165) is 32.1 Å². The highest BCUT2D eigenvalue weighted by Gasteiger charge is 2.32. The summed E-state index contributed by atoms with van der Waals surface area (Å²) in [6.45, 7) is -0.343. The molecule has 0 radical (unpaired) electrons. The fourth-order valence-electron chi connectivity index (χ4n) is 3.03. The van der Waals surface area contributed by atoms with E-state index in [1.165, 1.54) is 29.2 Å². The number of hydrogen-bond donors (Lipinski definition) is 1. The number of hydrogen-bond acceptors (Lipinski definition) is 2. The van der Waals surface area contributed by atoms with E-state index < -0.39 is 24.4 Å². The van der Waals surface area contributed by atoms with Crippen molar-refractivity contribution in [2.75, 3.05) is 6.54 Å². The molecular formula is C17H21F3N2O2. The summed E-state index contributed by atoms with van der Waals surface area (Å²) in [5.74, 6) is -1.04. The Labute approximate surface area is 138 Å². The Bertz CT molecular complexity index is 578. The van der Waals surface area contributed by atoms with Crippen LogP contribution < -0.4 is 5.73 Å². The third-order valence-electron chi connectivity index (χ3n) is 4.33. The number of rotatable bonds is 5. The molecular weight excluding hydrogens is 321 g/mol. The van der Waals surface area contributed by atoms with Crippen molar-refractivity contribution in [1.29, 1.82) is 0 Å². The highest BCUT2D eigenvalue weighted by atomic mass is 19.4. The van der Waals surface area contributed by atoms with Gasteiger partial charge in [-0.05, 0) is 37.1 Å². The third-order valence-corrected chi connectivity index (χ3v) is 4.33. The minimum atomic E-state index is -4.30. The highest BCUT2D eigenvalue weighted by molar-refractivity contribution is 5.97. The predicted octanol–water partition coefficient (Wildman–Crippen LogP) is 3.51. The van der Waals surface area contributed by atoms with Crippen molar-refractivity contribution in [3.05, 3.63) is 35.4 Å². The van der Waals surface area contributed by atoms with E-state index in [1.807, 2.05) is 0 Å². The number of primary amides is 1. The van der Waals surface area contributed by atoms with Crippen molar-refractivity contribution >= 4 is 11.8 Å². The topological polar surface area (TPSA) is 63.4 Å². The Balaban J connectivity index is 2.17. The molecule has 2 amide bonds. The van der Waals surface area contributed by atoms with Crippen molar-refractivity contribution in [2.45, 2.75) is 50.7 Å². The second-order valence-corrected chi connectivity index (χ2v) is 6.10. The Kier molecular flexibility index (Phi) is 5.85. The van der Waals surface area contributed by atoms with Gasteiger partial charge in [0, 0.05) is 23.7 Å². The zero-order valence-corrected chi connectivity index (χ0v) is 13.3. The minimum absolute atomic E-state index is 0.163. The average Bonchev–Trinajstić information content (AvgIpc) is 2.55. The Morgan fingerprint density at radius 3 is 2.08 bits per heavy atom. The summed E-state index contributed by atoms with van der Waals surface area (Å²) in [5, 5.41) is 0. The number of benzene rings is 1. The molecule has 0 heterocycles. The van der Waals surface area contributed by atoms with Crippen LogP contribution in [-0.4, -0.2) is 35.5 Å². The number of carbonyl (C=O) groups is 2. The summed E-state index contributed by atoms with van der Waals surface area (Å²) in [7, 11) is 0. The normalized spacial score (nSPS) is 16.0. The fraction of sp³-hybridized carbons (Fsp3) is 0.529. The molecule has 1 aliphatic rings. The highest BCUT2D eigenvalue weighted by Crippen LogP contribution is 2.27. The van der Waals surface area contributed by atoms with E-state index in [1.54, 1.807) is 0 Å². The maximum atomic E-state index is 12.7. The lowest BCUT2D eigenvalue weighted by molar-refractivity contribution is -0.137. The lowest BCUT2D eigenvalue weighted by Gasteiger charge is -2.34. The lowest BCUT2D eigenvalue weighted by atomic mass is 9.93. The third kappa shape index (κ3) is 4.97. The van der Waals surface area contributed by atoms with Crippen LogP contribution in [0.4, 0.5) is 13.2 Å². The van der Waals surface area contributed by atoms with Crippen LogP contribution in [0.3, 0.4) is 0 Å². The first-order valence-corrected chi connectivity index (χ1v) is 8.05. The molecule has 4 nitrogen and oxygen atoms in total. The Hall–Kier alpha value is -2.05. The summed E-state index contributed by atoms with van der Waals surface area (Å²) in [5.41, 5.74) is 5.68. The molecule has 132 valence electrons. The summed E-state index contributed by atoms with van der Waals surface area (Å²) in [6, 6.07) is 5.54. The Morgan fingerprint density at radius 1 is 1.04 bits per heavy atom. The van der Waals surface area contributed by atoms with Crippen LogP contribution in [0.5, 0.6) is 0 Å². The molecule has 24 heavy (non-hydrogen) atoms. The first kappa shape index (κ1) is 18.3. The van der Waals surface area contributed by atoms with E-state index in [4.69, 9.17) is 5.73 Å². The maximum absolute atomic E-state index is 12.7. The molecule has 0 saturated heterocycles. The van der Waals surface area contributed by atoms with Crippen molar-refractivity contribution in [1.82, 2.24) is 4.90 Å². The van der Waals surface area contributed by atoms with Gasteiger partial charge < -0.3 is 10.6 Å². The SMILES string of the molecule is NC(=O)c1ccc(C(=O)N(CCC(F)(F)F)C2CCCCC2)cc1. The molecule has 1 aliphatic carbocycles. The van der Waals surface area contributed by atoms with Crippen LogP contribution in [0, 0.1) is 0 Å². The largest absolute Gasteiger partial charge is 0.390 e. The van der Waals surface area contributed by atoms with Crippen molar-refractivity contribution < 1.29 is 22.8 Å². The molecule has 7 heteroatoms. The molecule has 1 aromatic carbocycles. The first-order valence-electron chi connectivity index (χ1n) is 8.05. The second kappa shape index (κ2) is 7.68. The molecule has 1 fully saturated rings. The zero-order valence-electron chi connectivity index (χ0n) is 13.3. The summed E-state index contributed by atoms with van der Waals surface area (Å²) >= 11 is 0. The zero-order chi connectivity index (χ0) is 17.7. The van der Waals surface area contributed by atoms with Gasteiger partial charge in [0.05, 0.1) is 6.42 Å². The number of amides is 2. The van der Waals surface area contributed by atoms with Gasteiger partial charge in [-0.15, -0.1) is 0 Å². The maximum Gasteiger partial charge on any atom is 0.390 e. The molecule has 0 atom stereocenters. The molecule has 0 spiro atoms. The van der Waals surface area contributed by atoms with E-state index in [0.29, 0.717) is 0 Å². The summed E-state index contributed by atoms with van der Waals surface area (Å²) in [4.78, 5) is 25.1. The van der Waals surface area contributed by atoms with E-state index in [-0.39, 0.29) is 23.7 Å². The molecule has 2 N–H and O–H groups in total. The number of alkyl halides is 3. The second-order valence-electron chi connectivity index (χ2n) is 6.10. The van der Waals surface area contributed by atoms with Crippen LogP contribution in [-0.2, 0) is 0 Å². The molecule has 0 unspecified atom stereocenters. The summed E-state index contributed by atoms with van der Waals surface area (Å²) < 4.78 is 37.8. The molecule has 0 aliphatic heterocycles. The van der Waals surface area contributed by atoms with Gasteiger partial charge in [0.2, 0.25) is 5.91 Å². The monoisotopic (exact) mass is 342 g/mol. The van der Waals surface area contributed by atoms with E-state index >= 15 is 0 Å². The van der Waals surface area contributed by atoms with Gasteiger partial charge in [-0.2, -0.15) is 13.2 Å². The van der Waals surface area contributed by atoms with Gasteiger partial charge in [-0.1, -0.05) is 19.3 Å². The number of nitrogens with zero attached hydrogens (tertiary/aromatic N) is 1. The van der Waals surface area contributed by atoms with Crippen LogP contribution in [0.25, 0.3) is 0 Å². The number of halogens is 3. The predicted molar refractivity (Wildman–Crippen MR) is 83.5 cm³/mol. The van der Waals surface area contributed by atoms with E-state index in [2.05, 4.69) is 0 Å². The minimum Gasteiger partial charge on any atom is -0.366 e. The molecule has 2 rings (SSSR count). The van der Waals surface area contributed by atoms with Crippen molar-refractivity contribution in [2.24, 2.45) is 5.73 Å². The van der Waals surface area contributed by atoms with Crippen molar-refractivity contribution in [3.8, 4) is 0 Å². The van der Waals surface area contributed by atoms with Gasteiger partial charge >= 0.3 is 6.18 Å². The summed E-state index contributed by atoms with van der Waals surface area (Å²) in [6.07, 6.45) is -0.989. The van der Waals surface area contributed by atoms with Crippen molar-refractivity contribution in [3.63, 3.8) is 0 Å². The van der Waals surface area contributed by atoms with Crippen LogP contribution in [0.2, 0.25) is 0 Å². The van der Waals surface area contributed by atoms with Crippen LogP contribution >= 0.6 is 0 Å². The smallest absolute Gasteiger partial charge is 0.366 e. The van der Waals surface area contributed by atoms with Gasteiger partial charge in [-0.3, -0.25) is 9.59 Å². The number of nitrogens with two attached hydrogens (primary N) is 1. The van der Waals surface area contributed by atoms with E-state index in [9.17, 15) is 22.8 Å². The first-order chi connectivity index (χ1) is 11.3. The quantitative estimate of drug-likeness (QED) is 0.890. The Morgan fingerprint density at radius 2 is 1.58 bits per heavy atom. The van der Waals surface area contributed by atoms with Crippen LogP contribution in [0.15, 0.2) is 24.3 Å². The van der Waals surface area contributed by atoms with Gasteiger partial charge in [0.1, 0.15) is 0 Å². The van der Waals surface area contributed by atoms with Gasteiger partial charge in [0.25, 0.3) is 5.91 Å². The molecule has 0 aromatic heterocycles. The molecule has 0 bridgehead atoms. The molecule has 1 saturated carbocycles. The number of carbonyl (C=O) groups excluding carboxylic acids is 2. The van der Waals surface area contributed by atoms with Crippen LogP contribution in [0.1, 0.15) is 59.2 Å². The van der Waals surface area contributed by atoms with Gasteiger partial charge in [0.15, 0.2) is 0 Å². The lowest BCUT2D eigenvalue weighted by Crippen LogP contribution is -2.43. The molecule has 1 aromatic rings. The average molecular weight is 342 g/mol.